The van der Waals surface area contributed by atoms with Crippen LogP contribution in [-0.2, 0) is 0 Å². The highest BCUT2D eigenvalue weighted by molar-refractivity contribution is 9.10. The van der Waals surface area contributed by atoms with Crippen LogP contribution < -0.4 is 16.2 Å². The zero-order valence-corrected chi connectivity index (χ0v) is 10.9. The quantitative estimate of drug-likeness (QED) is 0.746. The molecule has 1 aliphatic heterocycles. The molecular weight excluding hydrogens is 266 g/mol. The van der Waals surface area contributed by atoms with E-state index >= 15 is 0 Å². The van der Waals surface area contributed by atoms with E-state index in [1.54, 1.807) is 0 Å². The summed E-state index contributed by atoms with van der Waals surface area (Å²) in [6.45, 7) is 4.20. The van der Waals surface area contributed by atoms with Gasteiger partial charge in [-0.15, -0.1) is 0 Å². The van der Waals surface area contributed by atoms with Gasteiger partial charge in [-0.3, -0.25) is 0 Å². The second-order valence-corrected chi connectivity index (χ2v) is 4.83. The van der Waals surface area contributed by atoms with Crippen LogP contribution in [0.5, 0.6) is 0 Å². The summed E-state index contributed by atoms with van der Waals surface area (Å²) in [6, 6.07) is 8.09. The number of rotatable bonds is 3. The molecular formula is C12H16BrN3. The predicted molar refractivity (Wildman–Crippen MR) is 71.1 cm³/mol. The van der Waals surface area contributed by atoms with E-state index in [-0.39, 0.29) is 0 Å². The average molecular weight is 282 g/mol. The third-order valence-corrected chi connectivity index (χ3v) is 3.24. The Labute approximate surface area is 104 Å². The van der Waals surface area contributed by atoms with Crippen molar-refractivity contribution in [2.75, 3.05) is 18.5 Å². The van der Waals surface area contributed by atoms with Crippen LogP contribution >= 0.6 is 15.9 Å². The topological polar surface area (TPSA) is 36.1 Å². The lowest BCUT2D eigenvalue weighted by Gasteiger charge is -2.12. The highest BCUT2D eigenvalue weighted by Gasteiger charge is 2.08. The molecule has 0 aromatic heterocycles. The van der Waals surface area contributed by atoms with Crippen molar-refractivity contribution in [3.63, 3.8) is 0 Å². The summed E-state index contributed by atoms with van der Waals surface area (Å²) in [6.07, 6.45) is 1.14. The fourth-order valence-electron chi connectivity index (χ4n) is 1.67. The molecule has 1 saturated heterocycles. The normalized spacial score (nSPS) is 18.4. The van der Waals surface area contributed by atoms with Gasteiger partial charge in [-0.1, -0.05) is 15.9 Å². The minimum absolute atomic E-state index is 1.00. The molecule has 1 fully saturated rings. The van der Waals surface area contributed by atoms with Crippen molar-refractivity contribution in [2.45, 2.75) is 13.3 Å². The molecule has 0 unspecified atom stereocenters. The van der Waals surface area contributed by atoms with Crippen LogP contribution in [-0.4, -0.2) is 13.1 Å². The van der Waals surface area contributed by atoms with Gasteiger partial charge < -0.3 is 16.2 Å². The van der Waals surface area contributed by atoms with Crippen LogP contribution in [0.4, 0.5) is 5.69 Å². The Kier molecular flexibility index (Phi) is 3.85. The SMILES string of the molecule is CC(NNc1ccc(Br)cc1)=C1CCNC1. The number of allylic oxidation sites excluding steroid dienone is 1. The Bertz CT molecular complexity index is 376. The number of hydrogen-bond donors (Lipinski definition) is 3. The van der Waals surface area contributed by atoms with Crippen molar-refractivity contribution in [1.82, 2.24) is 10.7 Å². The van der Waals surface area contributed by atoms with E-state index in [1.165, 1.54) is 11.3 Å². The Balaban J connectivity index is 1.91. The van der Waals surface area contributed by atoms with E-state index in [4.69, 9.17) is 0 Å². The van der Waals surface area contributed by atoms with E-state index in [1.807, 2.05) is 24.3 Å². The third kappa shape index (κ3) is 3.00. The van der Waals surface area contributed by atoms with Gasteiger partial charge in [-0.25, -0.2) is 0 Å². The summed E-state index contributed by atoms with van der Waals surface area (Å²) < 4.78 is 1.09. The van der Waals surface area contributed by atoms with Crippen LogP contribution in [0, 0.1) is 0 Å². The molecule has 4 heteroatoms. The first-order valence-corrected chi connectivity index (χ1v) is 6.22. The second-order valence-electron chi connectivity index (χ2n) is 3.91. The van der Waals surface area contributed by atoms with Gasteiger partial charge in [0.1, 0.15) is 0 Å². The summed E-state index contributed by atoms with van der Waals surface area (Å²) >= 11 is 3.41. The van der Waals surface area contributed by atoms with E-state index in [0.29, 0.717) is 0 Å². The molecule has 0 atom stereocenters. The molecule has 1 aromatic rings. The molecule has 86 valence electrons. The van der Waals surface area contributed by atoms with Crippen molar-refractivity contribution >= 4 is 21.6 Å². The molecule has 16 heavy (non-hydrogen) atoms. The van der Waals surface area contributed by atoms with Crippen LogP contribution in [0.2, 0.25) is 0 Å². The lowest BCUT2D eigenvalue weighted by molar-refractivity contribution is 0.861. The zero-order chi connectivity index (χ0) is 11.4. The van der Waals surface area contributed by atoms with Gasteiger partial charge in [0, 0.05) is 16.7 Å². The minimum atomic E-state index is 1.00. The number of hydrogen-bond acceptors (Lipinski definition) is 3. The molecule has 3 nitrogen and oxygen atoms in total. The van der Waals surface area contributed by atoms with Gasteiger partial charge >= 0.3 is 0 Å². The number of benzene rings is 1. The van der Waals surface area contributed by atoms with Crippen molar-refractivity contribution in [1.29, 1.82) is 0 Å². The van der Waals surface area contributed by atoms with Crippen LogP contribution in [0.25, 0.3) is 0 Å². The van der Waals surface area contributed by atoms with Gasteiger partial charge in [0.05, 0.1) is 5.69 Å². The van der Waals surface area contributed by atoms with Crippen LogP contribution in [0.1, 0.15) is 13.3 Å². The first-order chi connectivity index (χ1) is 7.75. The molecule has 0 saturated carbocycles. The summed E-state index contributed by atoms with van der Waals surface area (Å²) in [5, 5.41) is 3.33. The van der Waals surface area contributed by atoms with E-state index in [9.17, 15) is 0 Å². The Morgan fingerprint density at radius 2 is 2.06 bits per heavy atom. The highest BCUT2D eigenvalue weighted by Crippen LogP contribution is 2.14. The molecule has 1 heterocycles. The summed E-state index contributed by atoms with van der Waals surface area (Å²) in [4.78, 5) is 0. The first kappa shape index (κ1) is 11.5. The maximum Gasteiger partial charge on any atom is 0.0540 e. The first-order valence-electron chi connectivity index (χ1n) is 5.42. The molecule has 0 aliphatic carbocycles. The van der Waals surface area contributed by atoms with E-state index in [2.05, 4.69) is 39.0 Å². The van der Waals surface area contributed by atoms with Gasteiger partial charge in [0.15, 0.2) is 0 Å². The molecule has 0 radical (unpaired) electrons. The number of anilines is 1. The van der Waals surface area contributed by atoms with Gasteiger partial charge in [-0.2, -0.15) is 0 Å². The summed E-state index contributed by atoms with van der Waals surface area (Å²) in [5.41, 5.74) is 10.2. The maximum absolute atomic E-state index is 3.41. The fraction of sp³-hybridized carbons (Fsp3) is 0.333. The van der Waals surface area contributed by atoms with Crippen molar-refractivity contribution < 1.29 is 0 Å². The second kappa shape index (κ2) is 5.37. The molecule has 0 spiro atoms. The van der Waals surface area contributed by atoms with Crippen molar-refractivity contribution in [3.8, 4) is 0 Å². The Morgan fingerprint density at radius 1 is 1.31 bits per heavy atom. The standard InChI is InChI=1S/C12H16BrN3/c1-9(10-6-7-14-8-10)15-16-12-4-2-11(13)3-5-12/h2-5,14-16H,6-8H2,1H3. The highest BCUT2D eigenvalue weighted by atomic mass is 79.9. The summed E-state index contributed by atoms with van der Waals surface area (Å²) in [7, 11) is 0. The molecule has 3 N–H and O–H groups in total. The van der Waals surface area contributed by atoms with Gasteiger partial charge in [0.2, 0.25) is 0 Å². The predicted octanol–water partition coefficient (Wildman–Crippen LogP) is 2.63. The molecule has 2 rings (SSSR count). The largest absolute Gasteiger partial charge is 0.313 e. The lowest BCUT2D eigenvalue weighted by atomic mass is 10.2. The van der Waals surface area contributed by atoms with Crippen molar-refractivity contribution in [3.05, 3.63) is 40.0 Å². The van der Waals surface area contributed by atoms with E-state index in [0.717, 1.165) is 29.7 Å². The number of nitrogens with one attached hydrogen (secondary N) is 3. The van der Waals surface area contributed by atoms with E-state index < -0.39 is 0 Å². The zero-order valence-electron chi connectivity index (χ0n) is 9.31. The molecule has 0 bridgehead atoms. The Morgan fingerprint density at radius 3 is 2.69 bits per heavy atom. The maximum atomic E-state index is 3.41. The third-order valence-electron chi connectivity index (χ3n) is 2.71. The minimum Gasteiger partial charge on any atom is -0.313 e. The average Bonchev–Trinajstić information content (AvgIpc) is 2.81. The van der Waals surface area contributed by atoms with Crippen molar-refractivity contribution in [2.24, 2.45) is 0 Å². The number of hydrazine groups is 1. The number of halogens is 1. The lowest BCUT2D eigenvalue weighted by Crippen LogP contribution is -2.21. The molecule has 1 aliphatic rings. The molecule has 0 amide bonds. The molecule has 1 aromatic carbocycles. The monoisotopic (exact) mass is 281 g/mol. The fourth-order valence-corrected chi connectivity index (χ4v) is 1.94. The Hall–Kier alpha value is -1.00. The smallest absolute Gasteiger partial charge is 0.0540 e. The van der Waals surface area contributed by atoms with Gasteiger partial charge in [0.25, 0.3) is 0 Å². The van der Waals surface area contributed by atoms with Crippen LogP contribution in [0.15, 0.2) is 40.0 Å². The van der Waals surface area contributed by atoms with Gasteiger partial charge in [-0.05, 0) is 49.7 Å². The summed E-state index contributed by atoms with van der Waals surface area (Å²) in [5.74, 6) is 0. The van der Waals surface area contributed by atoms with Crippen LogP contribution in [0.3, 0.4) is 0 Å².